The Labute approximate surface area is 101 Å². The SMILES string of the molecule is O=C(O)COc1ccc([N+](=O)[O-])c2cccnc12. The van der Waals surface area contributed by atoms with Gasteiger partial charge in [0.2, 0.25) is 0 Å². The summed E-state index contributed by atoms with van der Waals surface area (Å²) in [6.45, 7) is -0.524. The van der Waals surface area contributed by atoms with Gasteiger partial charge in [0, 0.05) is 12.3 Å². The van der Waals surface area contributed by atoms with Crippen molar-refractivity contribution < 1.29 is 19.6 Å². The average molecular weight is 248 g/mol. The van der Waals surface area contributed by atoms with E-state index in [4.69, 9.17) is 9.84 Å². The van der Waals surface area contributed by atoms with Gasteiger partial charge in [0.15, 0.2) is 6.61 Å². The van der Waals surface area contributed by atoms with Gasteiger partial charge in [0.05, 0.1) is 10.3 Å². The normalized spacial score (nSPS) is 10.2. The lowest BCUT2D eigenvalue weighted by atomic mass is 10.1. The van der Waals surface area contributed by atoms with Gasteiger partial charge in [0.25, 0.3) is 5.69 Å². The molecule has 0 aliphatic rings. The molecule has 0 aliphatic heterocycles. The quantitative estimate of drug-likeness (QED) is 0.651. The first kappa shape index (κ1) is 11.8. The topological polar surface area (TPSA) is 103 Å². The zero-order chi connectivity index (χ0) is 13.1. The molecule has 0 saturated carbocycles. The Balaban J connectivity index is 2.53. The van der Waals surface area contributed by atoms with Crippen LogP contribution in [0.5, 0.6) is 5.75 Å². The maximum absolute atomic E-state index is 10.8. The van der Waals surface area contributed by atoms with E-state index in [1.165, 1.54) is 24.4 Å². The summed E-state index contributed by atoms with van der Waals surface area (Å²) in [5.74, 6) is -0.920. The molecule has 0 aliphatic carbocycles. The van der Waals surface area contributed by atoms with Crippen molar-refractivity contribution in [2.75, 3.05) is 6.61 Å². The van der Waals surface area contributed by atoms with Gasteiger partial charge < -0.3 is 9.84 Å². The van der Waals surface area contributed by atoms with Gasteiger partial charge in [0.1, 0.15) is 11.3 Å². The van der Waals surface area contributed by atoms with Crippen molar-refractivity contribution in [3.63, 3.8) is 0 Å². The second kappa shape index (κ2) is 4.66. The minimum absolute atomic E-state index is 0.0965. The van der Waals surface area contributed by atoms with Gasteiger partial charge in [-0.25, -0.2) is 4.79 Å². The lowest BCUT2D eigenvalue weighted by Crippen LogP contribution is -2.09. The van der Waals surface area contributed by atoms with Crippen molar-refractivity contribution >= 4 is 22.6 Å². The third-order valence-electron chi connectivity index (χ3n) is 2.26. The first-order valence-corrected chi connectivity index (χ1v) is 4.96. The molecular formula is C11H8N2O5. The Morgan fingerprint density at radius 2 is 2.22 bits per heavy atom. The lowest BCUT2D eigenvalue weighted by molar-refractivity contribution is -0.383. The summed E-state index contributed by atoms with van der Waals surface area (Å²) in [5, 5.41) is 19.7. The molecule has 1 aromatic carbocycles. The molecule has 0 saturated heterocycles. The fourth-order valence-electron chi connectivity index (χ4n) is 1.55. The summed E-state index contributed by atoms with van der Waals surface area (Å²) >= 11 is 0. The standard InChI is InChI=1S/C11H8N2O5/c14-10(15)6-18-9-4-3-8(13(16)17)7-2-1-5-12-11(7)9/h1-5H,6H2,(H,14,15). The van der Waals surface area contributed by atoms with Crippen LogP contribution in [0.4, 0.5) is 5.69 Å². The summed E-state index contributed by atoms with van der Waals surface area (Å²) in [6, 6.07) is 5.71. The number of carboxylic acids is 1. The van der Waals surface area contributed by atoms with E-state index in [0.29, 0.717) is 5.39 Å². The van der Waals surface area contributed by atoms with Crippen LogP contribution in [0.1, 0.15) is 0 Å². The van der Waals surface area contributed by atoms with Crippen molar-refractivity contribution in [1.29, 1.82) is 0 Å². The number of aliphatic carboxylic acids is 1. The highest BCUT2D eigenvalue weighted by atomic mass is 16.6. The van der Waals surface area contributed by atoms with Crippen LogP contribution in [-0.2, 0) is 4.79 Å². The largest absolute Gasteiger partial charge is 0.480 e. The van der Waals surface area contributed by atoms with Gasteiger partial charge in [-0.15, -0.1) is 0 Å². The number of hydrogen-bond acceptors (Lipinski definition) is 5. The van der Waals surface area contributed by atoms with E-state index < -0.39 is 17.5 Å². The van der Waals surface area contributed by atoms with Gasteiger partial charge in [-0.05, 0) is 18.2 Å². The zero-order valence-electron chi connectivity index (χ0n) is 9.07. The molecule has 0 atom stereocenters. The van der Waals surface area contributed by atoms with Crippen LogP contribution in [0.2, 0.25) is 0 Å². The Morgan fingerprint density at radius 1 is 1.44 bits per heavy atom. The van der Waals surface area contributed by atoms with E-state index in [1.807, 2.05) is 0 Å². The summed E-state index contributed by atoms with van der Waals surface area (Å²) in [4.78, 5) is 24.7. The summed E-state index contributed by atoms with van der Waals surface area (Å²) in [7, 11) is 0. The predicted molar refractivity (Wildman–Crippen MR) is 61.5 cm³/mol. The Bertz CT molecular complexity index is 626. The molecule has 0 fully saturated rings. The van der Waals surface area contributed by atoms with Crippen LogP contribution >= 0.6 is 0 Å². The number of non-ortho nitro benzene ring substituents is 1. The molecule has 2 rings (SSSR count). The maximum Gasteiger partial charge on any atom is 0.341 e. The van der Waals surface area contributed by atoms with Crippen molar-refractivity contribution in [3.05, 3.63) is 40.6 Å². The van der Waals surface area contributed by atoms with Gasteiger partial charge in [-0.3, -0.25) is 15.1 Å². The molecule has 2 aromatic rings. The van der Waals surface area contributed by atoms with E-state index >= 15 is 0 Å². The van der Waals surface area contributed by atoms with Crippen LogP contribution in [0.25, 0.3) is 10.9 Å². The minimum Gasteiger partial charge on any atom is -0.480 e. The minimum atomic E-state index is -1.13. The molecule has 1 N–H and O–H groups in total. The number of nitro benzene ring substituents is 1. The zero-order valence-corrected chi connectivity index (χ0v) is 9.07. The summed E-state index contributed by atoms with van der Waals surface area (Å²) < 4.78 is 5.03. The number of nitrogens with zero attached hydrogens (tertiary/aromatic N) is 2. The van der Waals surface area contributed by atoms with E-state index in [9.17, 15) is 14.9 Å². The summed E-state index contributed by atoms with van der Waals surface area (Å²) in [6.07, 6.45) is 1.46. The summed E-state index contributed by atoms with van der Waals surface area (Å²) in [5.41, 5.74) is 0.175. The number of benzene rings is 1. The number of nitro groups is 1. The molecule has 0 radical (unpaired) electrons. The van der Waals surface area contributed by atoms with Crippen molar-refractivity contribution in [2.45, 2.75) is 0 Å². The Morgan fingerprint density at radius 3 is 2.89 bits per heavy atom. The molecule has 0 spiro atoms. The lowest BCUT2D eigenvalue weighted by Gasteiger charge is -2.06. The van der Waals surface area contributed by atoms with Crippen LogP contribution in [0.15, 0.2) is 30.5 Å². The molecule has 1 aromatic heterocycles. The van der Waals surface area contributed by atoms with Crippen molar-refractivity contribution in [1.82, 2.24) is 4.98 Å². The monoisotopic (exact) mass is 248 g/mol. The molecule has 7 heteroatoms. The highest BCUT2D eigenvalue weighted by Crippen LogP contribution is 2.31. The number of aromatic nitrogens is 1. The van der Waals surface area contributed by atoms with Crippen LogP contribution in [0.3, 0.4) is 0 Å². The van der Waals surface area contributed by atoms with E-state index in [-0.39, 0.29) is 17.0 Å². The average Bonchev–Trinajstić information content (AvgIpc) is 2.35. The fourth-order valence-corrected chi connectivity index (χ4v) is 1.55. The highest BCUT2D eigenvalue weighted by Gasteiger charge is 2.15. The van der Waals surface area contributed by atoms with Crippen LogP contribution in [0, 0.1) is 10.1 Å². The van der Waals surface area contributed by atoms with Crippen LogP contribution < -0.4 is 4.74 Å². The smallest absolute Gasteiger partial charge is 0.341 e. The van der Waals surface area contributed by atoms with Crippen molar-refractivity contribution in [2.24, 2.45) is 0 Å². The Kier molecular flexibility index (Phi) is 3.05. The van der Waals surface area contributed by atoms with E-state index in [1.54, 1.807) is 6.07 Å². The first-order chi connectivity index (χ1) is 8.59. The highest BCUT2D eigenvalue weighted by molar-refractivity contribution is 5.92. The van der Waals surface area contributed by atoms with Gasteiger partial charge in [-0.2, -0.15) is 0 Å². The molecule has 0 bridgehead atoms. The molecule has 0 amide bonds. The molecular weight excluding hydrogens is 240 g/mol. The third kappa shape index (κ3) is 2.19. The third-order valence-corrected chi connectivity index (χ3v) is 2.26. The Hall–Kier alpha value is -2.70. The van der Waals surface area contributed by atoms with E-state index in [2.05, 4.69) is 4.98 Å². The molecule has 0 unspecified atom stereocenters. The number of pyridine rings is 1. The first-order valence-electron chi connectivity index (χ1n) is 4.96. The fraction of sp³-hybridized carbons (Fsp3) is 0.0909. The molecule has 92 valence electrons. The second-order valence-corrected chi connectivity index (χ2v) is 3.42. The number of rotatable bonds is 4. The predicted octanol–water partition coefficient (Wildman–Crippen LogP) is 1.61. The van der Waals surface area contributed by atoms with Gasteiger partial charge >= 0.3 is 5.97 Å². The number of fused-ring (bicyclic) bond motifs is 1. The number of hydrogen-bond donors (Lipinski definition) is 1. The second-order valence-electron chi connectivity index (χ2n) is 3.42. The van der Waals surface area contributed by atoms with Gasteiger partial charge in [-0.1, -0.05) is 0 Å². The number of carboxylic acid groups (broad SMARTS) is 1. The molecule has 1 heterocycles. The number of ether oxygens (including phenoxy) is 1. The molecule has 18 heavy (non-hydrogen) atoms. The maximum atomic E-state index is 10.8. The van der Waals surface area contributed by atoms with Crippen molar-refractivity contribution in [3.8, 4) is 5.75 Å². The van der Waals surface area contributed by atoms with Crippen LogP contribution in [-0.4, -0.2) is 27.6 Å². The van der Waals surface area contributed by atoms with E-state index in [0.717, 1.165) is 0 Å². The number of carbonyl (C=O) groups is 1. The molecule has 7 nitrogen and oxygen atoms in total.